The van der Waals surface area contributed by atoms with E-state index in [1.807, 2.05) is 92.3 Å². The van der Waals surface area contributed by atoms with Crippen LogP contribution in [-0.4, -0.2) is 234 Å². The first kappa shape index (κ1) is 84.1. The average Bonchev–Trinajstić information content (AvgIpc) is 1.55. The van der Waals surface area contributed by atoms with Crippen molar-refractivity contribution in [3.8, 4) is 0 Å². The van der Waals surface area contributed by atoms with Gasteiger partial charge in [-0.2, -0.15) is 45.2 Å². The molecule has 33 nitrogen and oxygen atoms in total. The molecule has 0 saturated carbocycles. The van der Waals surface area contributed by atoms with E-state index < -0.39 is 118 Å². The first-order chi connectivity index (χ1) is 56.6. The Morgan fingerprint density at radius 1 is 0.483 bits per heavy atom. The van der Waals surface area contributed by atoms with Gasteiger partial charge in [-0.3, -0.25) is 9.13 Å². The Morgan fingerprint density at radius 2 is 0.825 bits per heavy atom. The molecule has 41 heteroatoms. The number of nitrogens with zero attached hydrogens (tertiary/aromatic N) is 15. The maximum absolute atomic E-state index is 14.2. The number of aromatic nitrogens is 12. The van der Waals surface area contributed by atoms with Crippen molar-refractivity contribution in [2.24, 2.45) is 0 Å². The first-order valence-corrected chi connectivity index (χ1v) is 44.5. The van der Waals surface area contributed by atoms with Crippen molar-refractivity contribution in [1.82, 2.24) is 59.2 Å². The maximum atomic E-state index is 14.2. The number of rotatable bonds is 17. The summed E-state index contributed by atoms with van der Waals surface area (Å²) in [6.07, 6.45) is 0.0136. The molecule has 5 N–H and O–H groups in total. The summed E-state index contributed by atoms with van der Waals surface area (Å²) >= 11 is 19.1. The zero-order chi connectivity index (χ0) is 84.7. The van der Waals surface area contributed by atoms with Crippen LogP contribution in [-0.2, 0) is 96.3 Å². The summed E-state index contributed by atoms with van der Waals surface area (Å²) in [6, 6.07) is 15.2. The first-order valence-electron chi connectivity index (χ1n) is 39.8. The molecular formula is C79H93Cl3F3N15O18P2. The number of hydrogen-bond acceptors (Lipinski definition) is 28. The lowest BCUT2D eigenvalue weighted by molar-refractivity contribution is -0.202. The zero-order valence-electron chi connectivity index (χ0n) is 67.3. The van der Waals surface area contributed by atoms with Crippen LogP contribution in [0, 0.1) is 17.5 Å². The van der Waals surface area contributed by atoms with Gasteiger partial charge in [0.25, 0.3) is 0 Å². The lowest BCUT2D eigenvalue weighted by Gasteiger charge is -2.49. The molecule has 0 unspecified atom stereocenters. The van der Waals surface area contributed by atoms with Crippen LogP contribution in [0.15, 0.2) is 73.2 Å². The standard InChI is InChI=1S/C33H44ClFN5O7P.C24H25ClFN5O4.C22H24ClFN5O7P/c1-30(2,3)46-48(41,47-31(4,5)6)18-42-15-23-24-25(45-32(7,8)44-24)28(43-23)40-27-21(14-36-40)26(37-29(34)38-27)39-16-33(17-39)12-11-19-9-10-20(35)13-22(19)33;1-23(2)34-17-16(9-32)33-21(18(17)35-23)31-20-14(8-27-31)19(28-22(25)29-20)30-10-24(11-30)6-5-12-3-4-13(26)7-15(12)24;23-21-26-18(28-8-22(9-28)4-3-11-1-2-12(24)5-14(11)22)13-6-25-29(19(13)27-21)20-17(31)16(30)15(36-20)7-35-10-37(32,33)34/h9-10,13-14,23-25,28H,11-12,15-18H2,1-8H3;3-4,7-8,16-18,21,32H,5-6,9-11H2,1-2H3;1-2,5-6,15-17,20,30-31H,3-4,7-10H2,(H2,32,33,34)/t23-,24-,25-,28-;16-,17-,18-,21-;15-,16-,17-,20-/m111/s1. The van der Waals surface area contributed by atoms with Crippen LogP contribution in [0.2, 0.25) is 15.9 Å². The molecule has 0 amide bonds. The van der Waals surface area contributed by atoms with Gasteiger partial charge in [0, 0.05) is 55.5 Å². The van der Waals surface area contributed by atoms with E-state index in [0.717, 1.165) is 79.3 Å². The minimum absolute atomic E-state index is 0.0419. The molecule has 8 fully saturated rings. The number of aliphatic hydroxyl groups is 3. The zero-order valence-corrected chi connectivity index (χ0v) is 71.3. The third kappa shape index (κ3) is 15.7. The smallest absolute Gasteiger partial charge is 0.357 e. The fourth-order valence-corrected chi connectivity index (χ4v) is 22.2. The Morgan fingerprint density at radius 3 is 1.20 bits per heavy atom. The van der Waals surface area contributed by atoms with Crippen LogP contribution < -0.4 is 14.7 Å². The summed E-state index contributed by atoms with van der Waals surface area (Å²) in [7, 11) is -8.04. The van der Waals surface area contributed by atoms with Crippen LogP contribution in [0.1, 0.15) is 141 Å². The number of benzene rings is 3. The van der Waals surface area contributed by atoms with E-state index >= 15 is 0 Å². The van der Waals surface area contributed by atoms with Crippen molar-refractivity contribution >= 4 is 101 Å². The molecule has 14 heterocycles. The molecule has 6 aromatic heterocycles. The molecule has 3 aromatic carbocycles. The fourth-order valence-electron chi connectivity index (χ4n) is 19.3. The predicted molar refractivity (Wildman–Crippen MR) is 428 cm³/mol. The summed E-state index contributed by atoms with van der Waals surface area (Å²) in [4.78, 5) is 51.0. The normalized spacial score (nSPS) is 27.6. The Labute approximate surface area is 701 Å². The highest BCUT2D eigenvalue weighted by atomic mass is 35.5. The van der Waals surface area contributed by atoms with Crippen molar-refractivity contribution in [1.29, 1.82) is 0 Å². The number of halogens is 6. The van der Waals surface area contributed by atoms with Crippen LogP contribution in [0.4, 0.5) is 30.6 Å². The molecule has 9 aromatic rings. The van der Waals surface area contributed by atoms with E-state index in [4.69, 9.17) is 101 Å². The van der Waals surface area contributed by atoms with Gasteiger partial charge in [0.15, 0.2) is 47.2 Å². The summed E-state index contributed by atoms with van der Waals surface area (Å²) in [5.74, 6) is -0.450. The quantitative estimate of drug-likeness (QED) is 0.0418. The average molecular weight is 1770 g/mol. The van der Waals surface area contributed by atoms with Gasteiger partial charge >= 0.3 is 15.2 Å². The lowest BCUT2D eigenvalue weighted by Crippen LogP contribution is -2.58. The van der Waals surface area contributed by atoms with E-state index in [0.29, 0.717) is 65.7 Å². The number of fused-ring (bicyclic) bond motifs is 11. The van der Waals surface area contributed by atoms with E-state index in [9.17, 15) is 37.6 Å². The molecule has 3 aliphatic carbocycles. The van der Waals surface area contributed by atoms with Gasteiger partial charge in [-0.1, -0.05) is 18.2 Å². The number of hydrogen-bond donors (Lipinski definition) is 5. The number of anilines is 3. The highest BCUT2D eigenvalue weighted by Gasteiger charge is 2.60. The Kier molecular flexibility index (Phi) is 21.4. The van der Waals surface area contributed by atoms with Crippen LogP contribution in [0.3, 0.4) is 0 Å². The maximum Gasteiger partial charge on any atom is 0.357 e. The second-order valence-electron chi connectivity index (χ2n) is 35.9. The number of aliphatic hydroxyl groups excluding tert-OH is 3. The largest absolute Gasteiger partial charge is 0.394 e. The Balaban J connectivity index is 0.000000125. The molecule has 644 valence electrons. The van der Waals surface area contributed by atoms with E-state index in [-0.39, 0.29) is 81.4 Å². The van der Waals surface area contributed by atoms with Crippen molar-refractivity contribution in [3.05, 3.63) is 140 Å². The molecule has 3 spiro atoms. The molecule has 11 aliphatic rings. The van der Waals surface area contributed by atoms with Gasteiger partial charge in [0.05, 0.1) is 65.8 Å². The van der Waals surface area contributed by atoms with Crippen LogP contribution >= 0.6 is 50.0 Å². The second kappa shape index (κ2) is 30.5. The molecule has 120 heavy (non-hydrogen) atoms. The number of ether oxygens (including phenoxy) is 9. The summed E-state index contributed by atoms with van der Waals surface area (Å²) in [6.45, 7) is 21.8. The minimum atomic E-state index is -4.40. The molecule has 0 radical (unpaired) electrons. The summed E-state index contributed by atoms with van der Waals surface area (Å²) < 4.78 is 137. The van der Waals surface area contributed by atoms with Gasteiger partial charge in [-0.25, -0.2) is 27.2 Å². The van der Waals surface area contributed by atoms with Crippen LogP contribution in [0.5, 0.6) is 0 Å². The molecule has 8 aliphatic heterocycles. The molecule has 12 atom stereocenters. The van der Waals surface area contributed by atoms with Crippen LogP contribution in [0.25, 0.3) is 33.1 Å². The van der Waals surface area contributed by atoms with Gasteiger partial charge < -0.3 is 91.5 Å². The Bertz CT molecular complexity index is 5570. The predicted octanol–water partition coefficient (Wildman–Crippen LogP) is 10.4. The topological polar surface area (TPSA) is 377 Å². The summed E-state index contributed by atoms with van der Waals surface area (Å²) in [5.41, 5.74) is 6.30. The lowest BCUT2D eigenvalue weighted by atomic mass is 9.74. The van der Waals surface area contributed by atoms with Crippen molar-refractivity contribution in [2.45, 2.75) is 220 Å². The third-order valence-corrected chi connectivity index (χ3v) is 27.2. The van der Waals surface area contributed by atoms with Crippen molar-refractivity contribution in [3.63, 3.8) is 0 Å². The fraction of sp³-hybridized carbons (Fsp3) is 0.582. The van der Waals surface area contributed by atoms with Crippen molar-refractivity contribution < 1.29 is 99.1 Å². The van der Waals surface area contributed by atoms with Crippen molar-refractivity contribution in [2.75, 3.05) is 86.5 Å². The highest BCUT2D eigenvalue weighted by Crippen LogP contribution is 2.57. The Hall–Kier alpha value is -6.81. The molecule has 0 bridgehead atoms. The monoisotopic (exact) mass is 1760 g/mol. The van der Waals surface area contributed by atoms with E-state index in [2.05, 4.69) is 49.9 Å². The van der Waals surface area contributed by atoms with E-state index in [1.165, 1.54) is 40.2 Å². The molecular weight excluding hydrogens is 1670 g/mol. The van der Waals surface area contributed by atoms with Gasteiger partial charge in [-0.05, 0) is 212 Å². The third-order valence-electron chi connectivity index (χ3n) is 24.0. The molecule has 20 rings (SSSR count). The SMILES string of the molecule is CC(C)(C)OP(=O)(COC[C@H]1O[C@@H](n2ncc3c(N4CC5(CCc6ccc(F)cc65)C4)nc(Cl)nc32)[C@@H]2OC(C)(C)O[C@@H]21)OC(C)(C)C.CC1(C)O[C@@H]2[C@H](O1)[C@@H](CO)O[C@H]2n1ncc2c(N3CC4(CCc5ccc(F)cc54)C3)nc(Cl)nc21.O=P(O)(O)COC[C@H]1O[C@@H](n2ncc3c(N4CC5(CCc6ccc(F)cc65)C4)nc(Cl)nc32)[C@H](O)[C@@H]1O. The second-order valence-corrected chi connectivity index (χ2v) is 40.4. The number of aryl methyl sites for hydroxylation is 3. The highest BCUT2D eigenvalue weighted by molar-refractivity contribution is 7.53. The van der Waals surface area contributed by atoms with Gasteiger partial charge in [-0.15, -0.1) is 0 Å². The molecule has 8 saturated heterocycles. The van der Waals surface area contributed by atoms with E-state index in [1.54, 1.807) is 40.0 Å². The minimum Gasteiger partial charge on any atom is -0.394 e. The summed E-state index contributed by atoms with van der Waals surface area (Å²) in [5, 5.41) is 46.6. The van der Waals surface area contributed by atoms with Gasteiger partial charge in [0.1, 0.15) is 103 Å². The van der Waals surface area contributed by atoms with Gasteiger partial charge in [0.2, 0.25) is 15.9 Å².